The van der Waals surface area contributed by atoms with Crippen LogP contribution in [0.25, 0.3) is 0 Å². The molecule has 13 heteroatoms. The van der Waals surface area contributed by atoms with E-state index in [1.54, 1.807) is 34.9 Å². The van der Waals surface area contributed by atoms with Crippen LogP contribution in [0.5, 0.6) is 0 Å². The van der Waals surface area contributed by atoms with Crippen LogP contribution in [-0.4, -0.2) is 126 Å². The van der Waals surface area contributed by atoms with Crippen molar-refractivity contribution in [3.05, 3.63) is 71.8 Å². The highest BCUT2D eigenvalue weighted by Crippen LogP contribution is 2.19. The van der Waals surface area contributed by atoms with Crippen LogP contribution in [0.15, 0.2) is 60.7 Å². The van der Waals surface area contributed by atoms with Gasteiger partial charge in [-0.05, 0) is 43.2 Å². The van der Waals surface area contributed by atoms with E-state index in [2.05, 4.69) is 10.6 Å². The highest BCUT2D eigenvalue weighted by atomic mass is 16.2. The van der Waals surface area contributed by atoms with E-state index in [0.29, 0.717) is 32.0 Å². The average molecular weight is 763 g/mol. The van der Waals surface area contributed by atoms with Gasteiger partial charge in [0, 0.05) is 41.0 Å². The van der Waals surface area contributed by atoms with E-state index in [0.717, 1.165) is 17.5 Å². The number of amides is 6. The molecule has 0 radical (unpaired) electrons. The molecule has 0 saturated heterocycles. The quantitative estimate of drug-likeness (QED) is 0.175. The molecule has 0 heterocycles. The van der Waals surface area contributed by atoms with Gasteiger partial charge in [0.05, 0.1) is 12.6 Å². The third-order valence-electron chi connectivity index (χ3n) is 10.0. The van der Waals surface area contributed by atoms with Crippen LogP contribution in [0.1, 0.15) is 78.4 Å². The Morgan fingerprint density at radius 1 is 0.709 bits per heavy atom. The van der Waals surface area contributed by atoms with E-state index < -0.39 is 60.4 Å². The van der Waals surface area contributed by atoms with E-state index in [9.17, 15) is 33.6 Å². The fourth-order valence-electron chi connectivity index (χ4n) is 6.35. The average Bonchev–Trinajstić information content (AvgIpc) is 3.18. The fraction of sp³-hybridized carbons (Fsp3) is 0.548. The molecule has 0 aliphatic rings. The number of carbonyl (C=O) groups is 7. The molecule has 2 N–H and O–H groups in total. The molecule has 6 amide bonds. The minimum atomic E-state index is -0.993. The number of benzene rings is 2. The first kappa shape index (κ1) is 46.1. The first-order valence-electron chi connectivity index (χ1n) is 19.3. The number of aldehydes is 1. The van der Waals surface area contributed by atoms with E-state index in [1.807, 2.05) is 74.5 Å². The monoisotopic (exact) mass is 762 g/mol. The molecule has 13 nitrogen and oxygen atoms in total. The minimum Gasteiger partial charge on any atom is -0.345 e. The molecule has 2 aromatic carbocycles. The van der Waals surface area contributed by atoms with Crippen LogP contribution in [-0.2, 0) is 46.4 Å². The van der Waals surface area contributed by atoms with Crippen LogP contribution in [0, 0.1) is 5.92 Å². The Labute approximate surface area is 327 Å². The van der Waals surface area contributed by atoms with Crippen molar-refractivity contribution in [2.75, 3.05) is 34.2 Å². The second-order valence-corrected chi connectivity index (χ2v) is 14.5. The van der Waals surface area contributed by atoms with E-state index in [1.165, 1.54) is 33.6 Å². The minimum absolute atomic E-state index is 0.224. The highest BCUT2D eigenvalue weighted by molar-refractivity contribution is 5.95. The topological polar surface area (TPSA) is 157 Å². The zero-order valence-corrected chi connectivity index (χ0v) is 34.1. The van der Waals surface area contributed by atoms with Crippen molar-refractivity contribution in [2.45, 2.75) is 110 Å². The van der Waals surface area contributed by atoms with Gasteiger partial charge in [0.15, 0.2) is 0 Å². The number of carbonyl (C=O) groups excluding carboxylic acids is 7. The van der Waals surface area contributed by atoms with Gasteiger partial charge in [-0.1, -0.05) is 101 Å². The normalized spacial score (nSPS) is 13.7. The molecule has 55 heavy (non-hydrogen) atoms. The molecular weight excluding hydrogens is 700 g/mol. The summed E-state index contributed by atoms with van der Waals surface area (Å²) in [5.74, 6) is -3.02. The number of rotatable bonds is 22. The third-order valence-corrected chi connectivity index (χ3v) is 10.0. The second kappa shape index (κ2) is 23.0. The van der Waals surface area contributed by atoms with Gasteiger partial charge >= 0.3 is 0 Å². The predicted molar refractivity (Wildman–Crippen MR) is 212 cm³/mol. The van der Waals surface area contributed by atoms with Gasteiger partial charge in [-0.2, -0.15) is 0 Å². The number of unbranched alkanes of at least 4 members (excludes halogenated alkanes) is 1. The third kappa shape index (κ3) is 13.6. The first-order valence-corrected chi connectivity index (χ1v) is 19.3. The summed E-state index contributed by atoms with van der Waals surface area (Å²) in [4.78, 5) is 98.6. The number of nitrogens with one attached hydrogen (secondary N) is 2. The maximum Gasteiger partial charge on any atom is 0.246 e. The van der Waals surface area contributed by atoms with E-state index in [4.69, 9.17) is 0 Å². The Balaban J connectivity index is 2.20. The smallest absolute Gasteiger partial charge is 0.246 e. The van der Waals surface area contributed by atoms with Gasteiger partial charge in [-0.15, -0.1) is 0 Å². The molecule has 0 fully saturated rings. The molecule has 0 aromatic heterocycles. The fourth-order valence-corrected chi connectivity index (χ4v) is 6.35. The molecule has 0 aliphatic carbocycles. The van der Waals surface area contributed by atoms with Crippen LogP contribution in [0.3, 0.4) is 0 Å². The lowest BCUT2D eigenvalue weighted by Gasteiger charge is -2.38. The summed E-state index contributed by atoms with van der Waals surface area (Å²) >= 11 is 0. The van der Waals surface area contributed by atoms with Crippen molar-refractivity contribution in [1.82, 2.24) is 30.2 Å². The largest absolute Gasteiger partial charge is 0.345 e. The van der Waals surface area contributed by atoms with Gasteiger partial charge in [0.2, 0.25) is 35.4 Å². The summed E-state index contributed by atoms with van der Waals surface area (Å²) in [6.07, 6.45) is 3.59. The number of hydrogen-bond donors (Lipinski definition) is 2. The summed E-state index contributed by atoms with van der Waals surface area (Å²) in [5, 5.41) is 5.32. The summed E-state index contributed by atoms with van der Waals surface area (Å²) in [5.41, 5.74) is 1.75. The van der Waals surface area contributed by atoms with Crippen LogP contribution in [0.2, 0.25) is 0 Å². The van der Waals surface area contributed by atoms with Crippen molar-refractivity contribution in [3.63, 3.8) is 0 Å². The van der Waals surface area contributed by atoms with Crippen molar-refractivity contribution < 1.29 is 33.6 Å². The molecule has 1 unspecified atom stereocenters. The molecule has 0 saturated carbocycles. The molecule has 0 bridgehead atoms. The maximum absolute atomic E-state index is 14.3. The van der Waals surface area contributed by atoms with E-state index >= 15 is 0 Å². The van der Waals surface area contributed by atoms with Gasteiger partial charge in [-0.3, -0.25) is 28.8 Å². The van der Waals surface area contributed by atoms with Gasteiger partial charge < -0.3 is 35.0 Å². The Bertz CT molecular complexity index is 1570. The van der Waals surface area contributed by atoms with Crippen molar-refractivity contribution in [2.24, 2.45) is 5.92 Å². The Morgan fingerprint density at radius 3 is 1.76 bits per heavy atom. The predicted octanol–water partition coefficient (Wildman–Crippen LogP) is 3.25. The number of hydrogen-bond acceptors (Lipinski definition) is 7. The summed E-state index contributed by atoms with van der Waals surface area (Å²) in [7, 11) is 4.66. The highest BCUT2D eigenvalue weighted by Gasteiger charge is 2.38. The van der Waals surface area contributed by atoms with Crippen LogP contribution in [0.4, 0.5) is 0 Å². The summed E-state index contributed by atoms with van der Waals surface area (Å²) in [6, 6.07) is 14.2. The SMILES string of the molecule is CCCC[C@@H](C(=O)N(CCC)[C@H](C)C(=O)NCC(=O)NC(C(=O)N(C)[C@H](C=O)Cc1ccccc1)C(C)C)N(C)C(=O)[C@H](Cc1ccccc1)N(C)C(C)=O. The molecule has 0 spiro atoms. The Hall–Kier alpha value is -5.07. The van der Waals surface area contributed by atoms with Gasteiger partial charge in [-0.25, -0.2) is 0 Å². The Morgan fingerprint density at radius 2 is 1.27 bits per heavy atom. The molecule has 2 aromatic rings. The lowest BCUT2D eigenvalue weighted by atomic mass is 10.0. The molecule has 2 rings (SSSR count). The Kier molecular flexibility index (Phi) is 19.3. The zero-order valence-electron chi connectivity index (χ0n) is 34.1. The first-order chi connectivity index (χ1) is 26.1. The lowest BCUT2D eigenvalue weighted by molar-refractivity contribution is -0.152. The zero-order chi connectivity index (χ0) is 41.2. The number of nitrogens with zero attached hydrogens (tertiary/aromatic N) is 4. The van der Waals surface area contributed by atoms with Gasteiger partial charge in [0.1, 0.15) is 30.5 Å². The lowest BCUT2D eigenvalue weighted by Crippen LogP contribution is -2.59. The molecular formula is C42H62N6O7. The van der Waals surface area contributed by atoms with Gasteiger partial charge in [0.25, 0.3) is 0 Å². The molecule has 5 atom stereocenters. The van der Waals surface area contributed by atoms with Crippen molar-refractivity contribution >= 4 is 41.7 Å². The summed E-state index contributed by atoms with van der Waals surface area (Å²) in [6.45, 7) is 10.1. The maximum atomic E-state index is 14.3. The molecule has 0 aliphatic heterocycles. The van der Waals surface area contributed by atoms with Crippen LogP contribution < -0.4 is 10.6 Å². The standard InChI is InChI=1S/C42H62N6O7/c1-10-12-23-35(47(9)40(53)36(45(7)31(6)50)26-33-21-17-14-18-22-33)41(54)48(24-11-2)30(5)39(52)43-27-37(51)44-38(29(3)4)42(55)46(8)34(28-49)25-32-19-15-13-16-20-32/h13-22,28-30,34-36,38H,10-12,23-27H2,1-9H3,(H,43,52)(H,44,51)/t30-,34+,35+,36+,38?/m1/s1. The molecule has 302 valence electrons. The van der Waals surface area contributed by atoms with Crippen molar-refractivity contribution in [3.8, 4) is 0 Å². The van der Waals surface area contributed by atoms with Crippen LogP contribution >= 0.6 is 0 Å². The summed E-state index contributed by atoms with van der Waals surface area (Å²) < 4.78 is 0. The van der Waals surface area contributed by atoms with E-state index in [-0.39, 0.29) is 30.7 Å². The van der Waals surface area contributed by atoms with Crippen molar-refractivity contribution in [1.29, 1.82) is 0 Å². The number of likely N-dealkylation sites (N-methyl/N-ethyl adjacent to an activating group) is 3. The second-order valence-electron chi connectivity index (χ2n) is 14.5.